The fraction of sp³-hybridized carbons (Fsp3) is 0.750. The highest BCUT2D eigenvalue weighted by atomic mass is 16.5. The fourth-order valence-electron chi connectivity index (χ4n) is 1.92. The van der Waals surface area contributed by atoms with Gasteiger partial charge in [0.05, 0.1) is 19.1 Å². The van der Waals surface area contributed by atoms with E-state index in [0.717, 1.165) is 24.1 Å². The summed E-state index contributed by atoms with van der Waals surface area (Å²) in [6, 6.07) is 0.558. The molecule has 0 N–H and O–H groups in total. The molecule has 0 bridgehead atoms. The first-order chi connectivity index (χ1) is 7.02. The van der Waals surface area contributed by atoms with E-state index in [0.29, 0.717) is 12.6 Å². The quantitative estimate of drug-likeness (QED) is 0.368. The molecule has 0 heterocycles. The number of nitrogens with zero attached hydrogens (tertiary/aromatic N) is 1. The SMILES string of the molecule is C=CC(=O)OCC[N+](CC)(CC)C(C)C. The molecular weight excluding hydrogens is 190 g/mol. The van der Waals surface area contributed by atoms with Crippen molar-refractivity contribution in [2.24, 2.45) is 0 Å². The molecule has 15 heavy (non-hydrogen) atoms. The van der Waals surface area contributed by atoms with E-state index < -0.39 is 0 Å². The van der Waals surface area contributed by atoms with Gasteiger partial charge in [-0.1, -0.05) is 6.58 Å². The highest BCUT2D eigenvalue weighted by Gasteiger charge is 2.27. The molecule has 0 saturated carbocycles. The van der Waals surface area contributed by atoms with E-state index in [1.165, 1.54) is 6.08 Å². The van der Waals surface area contributed by atoms with Gasteiger partial charge in [-0.15, -0.1) is 0 Å². The van der Waals surface area contributed by atoms with Crippen LogP contribution in [0.5, 0.6) is 0 Å². The number of hydrogen-bond donors (Lipinski definition) is 0. The molecule has 88 valence electrons. The summed E-state index contributed by atoms with van der Waals surface area (Å²) in [5.41, 5.74) is 0. The molecule has 3 heteroatoms. The molecule has 0 radical (unpaired) electrons. The van der Waals surface area contributed by atoms with Crippen LogP contribution in [-0.4, -0.2) is 42.7 Å². The Morgan fingerprint density at radius 1 is 1.40 bits per heavy atom. The van der Waals surface area contributed by atoms with Crippen LogP contribution < -0.4 is 0 Å². The summed E-state index contributed by atoms with van der Waals surface area (Å²) in [6.45, 7) is 15.6. The molecule has 0 aromatic carbocycles. The Kier molecular flexibility index (Phi) is 6.25. The Balaban J connectivity index is 4.18. The van der Waals surface area contributed by atoms with Crippen LogP contribution in [0.15, 0.2) is 12.7 Å². The van der Waals surface area contributed by atoms with Crippen LogP contribution in [0.3, 0.4) is 0 Å². The Bertz CT molecular complexity index is 208. The molecule has 0 aliphatic rings. The molecule has 0 saturated heterocycles. The second-order valence-electron chi connectivity index (χ2n) is 4.04. The minimum Gasteiger partial charge on any atom is -0.457 e. The molecular formula is C12H24NO2+. The van der Waals surface area contributed by atoms with Crippen LogP contribution in [0.25, 0.3) is 0 Å². The molecule has 0 rings (SSSR count). The van der Waals surface area contributed by atoms with Crippen molar-refractivity contribution >= 4 is 5.97 Å². The monoisotopic (exact) mass is 214 g/mol. The van der Waals surface area contributed by atoms with E-state index in [9.17, 15) is 4.79 Å². The predicted molar refractivity (Wildman–Crippen MR) is 62.5 cm³/mol. The number of likely N-dealkylation sites (N-methyl/N-ethyl adjacent to an activating group) is 1. The number of ether oxygens (including phenoxy) is 1. The number of rotatable bonds is 7. The normalized spacial score (nSPS) is 11.5. The van der Waals surface area contributed by atoms with Crippen molar-refractivity contribution in [1.82, 2.24) is 0 Å². The summed E-state index contributed by atoms with van der Waals surface area (Å²) >= 11 is 0. The summed E-state index contributed by atoms with van der Waals surface area (Å²) in [7, 11) is 0. The van der Waals surface area contributed by atoms with Crippen molar-refractivity contribution in [2.45, 2.75) is 33.7 Å². The van der Waals surface area contributed by atoms with Crippen molar-refractivity contribution in [3.63, 3.8) is 0 Å². The lowest BCUT2D eigenvalue weighted by Gasteiger charge is -2.40. The van der Waals surface area contributed by atoms with Crippen LogP contribution in [-0.2, 0) is 9.53 Å². The van der Waals surface area contributed by atoms with E-state index in [1.54, 1.807) is 0 Å². The summed E-state index contributed by atoms with van der Waals surface area (Å²) in [6.07, 6.45) is 1.21. The average Bonchev–Trinajstić information content (AvgIpc) is 2.24. The first-order valence-electron chi connectivity index (χ1n) is 5.67. The zero-order chi connectivity index (χ0) is 11.9. The third-order valence-electron chi connectivity index (χ3n) is 3.30. The smallest absolute Gasteiger partial charge is 0.330 e. The number of carbonyl (C=O) groups excluding carboxylic acids is 1. The standard InChI is InChI=1S/C12H24NO2/c1-6-12(14)15-10-9-13(7-2,8-3)11(4)5/h6,11H,1,7-10H2,2-5H3/q+1. The molecule has 0 aliphatic carbocycles. The Labute approximate surface area is 93.3 Å². The van der Waals surface area contributed by atoms with Gasteiger partial charge in [-0.3, -0.25) is 0 Å². The van der Waals surface area contributed by atoms with Crippen molar-refractivity contribution in [3.05, 3.63) is 12.7 Å². The van der Waals surface area contributed by atoms with Gasteiger partial charge in [0.15, 0.2) is 0 Å². The molecule has 0 aromatic heterocycles. The lowest BCUT2D eigenvalue weighted by molar-refractivity contribution is -0.944. The summed E-state index contributed by atoms with van der Waals surface area (Å²) in [5, 5.41) is 0. The van der Waals surface area contributed by atoms with Crippen LogP contribution in [0, 0.1) is 0 Å². The molecule has 0 spiro atoms. The van der Waals surface area contributed by atoms with E-state index in [4.69, 9.17) is 4.74 Å². The van der Waals surface area contributed by atoms with Gasteiger partial charge in [0.1, 0.15) is 13.2 Å². The zero-order valence-electron chi connectivity index (χ0n) is 10.5. The van der Waals surface area contributed by atoms with Crippen LogP contribution >= 0.6 is 0 Å². The van der Waals surface area contributed by atoms with Gasteiger partial charge in [-0.25, -0.2) is 4.79 Å². The predicted octanol–water partition coefficient (Wildman–Crippen LogP) is 1.98. The van der Waals surface area contributed by atoms with Gasteiger partial charge in [-0.2, -0.15) is 0 Å². The second kappa shape index (κ2) is 6.62. The first kappa shape index (κ1) is 14.2. The largest absolute Gasteiger partial charge is 0.457 e. The lowest BCUT2D eigenvalue weighted by Crippen LogP contribution is -2.54. The molecule has 0 aliphatic heterocycles. The topological polar surface area (TPSA) is 26.3 Å². The summed E-state index contributed by atoms with van der Waals surface area (Å²) in [5.74, 6) is -0.330. The molecule has 0 fully saturated rings. The van der Waals surface area contributed by atoms with Crippen molar-refractivity contribution in [3.8, 4) is 0 Å². The van der Waals surface area contributed by atoms with Gasteiger partial charge < -0.3 is 9.22 Å². The first-order valence-corrected chi connectivity index (χ1v) is 5.67. The van der Waals surface area contributed by atoms with E-state index in [1.807, 2.05) is 0 Å². The lowest BCUT2D eigenvalue weighted by atomic mass is 10.2. The highest BCUT2D eigenvalue weighted by molar-refractivity contribution is 5.81. The minimum atomic E-state index is -0.330. The Morgan fingerprint density at radius 3 is 2.27 bits per heavy atom. The fourth-order valence-corrected chi connectivity index (χ4v) is 1.92. The minimum absolute atomic E-state index is 0.330. The third-order valence-corrected chi connectivity index (χ3v) is 3.30. The zero-order valence-corrected chi connectivity index (χ0v) is 10.5. The average molecular weight is 214 g/mol. The molecule has 0 aromatic rings. The van der Waals surface area contributed by atoms with Crippen LogP contribution in [0.1, 0.15) is 27.7 Å². The van der Waals surface area contributed by atoms with Crippen LogP contribution in [0.2, 0.25) is 0 Å². The van der Waals surface area contributed by atoms with Crippen molar-refractivity contribution in [1.29, 1.82) is 0 Å². The molecule has 0 unspecified atom stereocenters. The van der Waals surface area contributed by atoms with Gasteiger partial charge in [0, 0.05) is 6.08 Å². The van der Waals surface area contributed by atoms with E-state index >= 15 is 0 Å². The van der Waals surface area contributed by atoms with Crippen LogP contribution in [0.4, 0.5) is 0 Å². The Morgan fingerprint density at radius 2 is 1.93 bits per heavy atom. The number of hydrogen-bond acceptors (Lipinski definition) is 2. The Hall–Kier alpha value is -0.830. The van der Waals surface area contributed by atoms with Gasteiger partial charge >= 0.3 is 5.97 Å². The molecule has 0 amide bonds. The highest BCUT2D eigenvalue weighted by Crippen LogP contribution is 2.12. The van der Waals surface area contributed by atoms with Gasteiger partial charge in [0.2, 0.25) is 0 Å². The molecule has 3 nitrogen and oxygen atoms in total. The van der Waals surface area contributed by atoms with Crippen molar-refractivity contribution < 1.29 is 14.0 Å². The number of esters is 1. The van der Waals surface area contributed by atoms with E-state index in [2.05, 4.69) is 34.3 Å². The number of quaternary nitrogens is 1. The maximum absolute atomic E-state index is 10.9. The summed E-state index contributed by atoms with van der Waals surface area (Å²) in [4.78, 5) is 10.9. The van der Waals surface area contributed by atoms with Gasteiger partial charge in [-0.05, 0) is 27.7 Å². The maximum Gasteiger partial charge on any atom is 0.330 e. The second-order valence-corrected chi connectivity index (χ2v) is 4.04. The van der Waals surface area contributed by atoms with Gasteiger partial charge in [0.25, 0.3) is 0 Å². The van der Waals surface area contributed by atoms with Crippen molar-refractivity contribution in [2.75, 3.05) is 26.2 Å². The summed E-state index contributed by atoms with van der Waals surface area (Å²) < 4.78 is 6.02. The third kappa shape index (κ3) is 4.04. The molecule has 0 atom stereocenters. The number of carbonyl (C=O) groups is 1. The van der Waals surface area contributed by atoms with E-state index in [-0.39, 0.29) is 5.97 Å². The maximum atomic E-state index is 10.9.